The van der Waals surface area contributed by atoms with Crippen LogP contribution in [0.5, 0.6) is 0 Å². The lowest BCUT2D eigenvalue weighted by Crippen LogP contribution is -2.49. The summed E-state index contributed by atoms with van der Waals surface area (Å²) in [7, 11) is 0. The number of benzene rings is 2. The van der Waals surface area contributed by atoms with Gasteiger partial charge in [-0.1, -0.05) is 42.0 Å². The van der Waals surface area contributed by atoms with Crippen LogP contribution in [0.1, 0.15) is 42.7 Å². The maximum Gasteiger partial charge on any atom is 0.171 e. The molecule has 0 radical (unpaired) electrons. The quantitative estimate of drug-likeness (QED) is 0.468. The Morgan fingerprint density at radius 1 is 0.944 bits per heavy atom. The van der Waals surface area contributed by atoms with Crippen LogP contribution in [-0.4, -0.2) is 34.5 Å². The molecule has 2 aliphatic heterocycles. The van der Waals surface area contributed by atoms with Gasteiger partial charge in [-0.2, -0.15) is 0 Å². The molecule has 0 saturated heterocycles. The number of fused-ring (bicyclic) bond motifs is 2. The number of hydrogen-bond donors (Lipinski definition) is 2. The van der Waals surface area contributed by atoms with E-state index in [0.29, 0.717) is 36.8 Å². The molecule has 36 heavy (non-hydrogen) atoms. The van der Waals surface area contributed by atoms with Crippen LogP contribution in [0.2, 0.25) is 0 Å². The highest BCUT2D eigenvalue weighted by molar-refractivity contribution is 6.24. The number of halogens is 2. The Labute approximate surface area is 220 Å². The molecule has 186 valence electrons. The molecular formula is C29H28Cl2N2O3. The molecule has 2 aromatic carbocycles. The smallest absolute Gasteiger partial charge is 0.171 e. The van der Waals surface area contributed by atoms with Crippen molar-refractivity contribution in [3.8, 4) is 0 Å². The van der Waals surface area contributed by atoms with E-state index in [1.54, 1.807) is 0 Å². The third-order valence-electron chi connectivity index (χ3n) is 7.89. The highest BCUT2D eigenvalue weighted by Gasteiger charge is 2.48. The highest BCUT2D eigenvalue weighted by atomic mass is 35.5. The van der Waals surface area contributed by atoms with Gasteiger partial charge in [0.05, 0.1) is 40.5 Å². The minimum absolute atomic E-state index is 0.0320. The van der Waals surface area contributed by atoms with Crippen LogP contribution >= 0.6 is 23.2 Å². The first-order valence-electron chi connectivity index (χ1n) is 12.5. The first-order chi connectivity index (χ1) is 17.4. The number of ketones is 2. The van der Waals surface area contributed by atoms with Crippen LogP contribution in [-0.2, 0) is 14.3 Å². The second kappa shape index (κ2) is 9.28. The molecule has 1 fully saturated rings. The molecule has 2 aromatic rings. The van der Waals surface area contributed by atoms with Gasteiger partial charge in [-0.05, 0) is 49.8 Å². The molecule has 2 heterocycles. The van der Waals surface area contributed by atoms with Gasteiger partial charge in [0.25, 0.3) is 0 Å². The van der Waals surface area contributed by atoms with Gasteiger partial charge in [-0.25, -0.2) is 0 Å². The summed E-state index contributed by atoms with van der Waals surface area (Å²) in [5.74, 6) is -0.358. The van der Waals surface area contributed by atoms with E-state index in [2.05, 4.69) is 41.8 Å². The second-order valence-corrected chi connectivity index (χ2v) is 11.5. The standard InChI is InChI=1S/C29H28Cl2N2O3/c1-15-6-8-16(9-7-15)17-10-24-26(25(34)11-17)27(33-23-5-3-2-4-22(23)32-24)20-14-36-29-19(28(20)35)12-18(30)13-21(29)31/h2-9,14,17-19,21,27,29,32-33H,10-13H2,1H3. The van der Waals surface area contributed by atoms with Crippen molar-refractivity contribution in [3.63, 3.8) is 0 Å². The molecule has 4 aliphatic rings. The SMILES string of the molecule is Cc1ccc(C2CC(=O)C3=C(C2)Nc2ccccc2NC3C2=COC3C(Cl)CC(Cl)CC3C2=O)cc1. The number of ether oxygens (including phenoxy) is 1. The van der Waals surface area contributed by atoms with E-state index in [4.69, 9.17) is 27.9 Å². The summed E-state index contributed by atoms with van der Waals surface area (Å²) in [6.45, 7) is 2.06. The van der Waals surface area contributed by atoms with Crippen LogP contribution < -0.4 is 10.6 Å². The zero-order valence-corrected chi connectivity index (χ0v) is 21.5. The molecule has 5 nitrogen and oxygen atoms in total. The van der Waals surface area contributed by atoms with Crippen LogP contribution in [0.3, 0.4) is 0 Å². The Kier molecular flexibility index (Phi) is 6.09. The summed E-state index contributed by atoms with van der Waals surface area (Å²) in [5, 5.41) is 6.53. The molecule has 6 unspecified atom stereocenters. The van der Waals surface area contributed by atoms with Crippen LogP contribution in [0.4, 0.5) is 11.4 Å². The maximum atomic E-state index is 13.8. The summed E-state index contributed by atoms with van der Waals surface area (Å²) < 4.78 is 6.06. The van der Waals surface area contributed by atoms with E-state index in [0.717, 1.165) is 22.6 Å². The Bertz CT molecular complexity index is 1290. The van der Waals surface area contributed by atoms with Crippen molar-refractivity contribution in [3.05, 3.63) is 82.8 Å². The number of nitrogens with one attached hydrogen (secondary N) is 2. The van der Waals surface area contributed by atoms with E-state index >= 15 is 0 Å². The number of rotatable bonds is 2. The number of Topliss-reactive ketones (excluding diaryl/α,β-unsaturated/α-hetero) is 2. The predicted octanol–water partition coefficient (Wildman–Crippen LogP) is 6.08. The van der Waals surface area contributed by atoms with Crippen molar-refractivity contribution < 1.29 is 14.3 Å². The zero-order chi connectivity index (χ0) is 25.0. The van der Waals surface area contributed by atoms with Gasteiger partial charge >= 0.3 is 0 Å². The fourth-order valence-electron chi connectivity index (χ4n) is 6.01. The van der Waals surface area contributed by atoms with E-state index in [1.165, 1.54) is 11.8 Å². The van der Waals surface area contributed by atoms with E-state index in [1.807, 2.05) is 24.3 Å². The number of anilines is 2. The van der Waals surface area contributed by atoms with Crippen molar-refractivity contribution in [2.45, 2.75) is 61.4 Å². The lowest BCUT2D eigenvalue weighted by Gasteiger charge is -2.40. The Morgan fingerprint density at radius 2 is 1.69 bits per heavy atom. The number of hydrogen-bond acceptors (Lipinski definition) is 5. The maximum absolute atomic E-state index is 13.8. The van der Waals surface area contributed by atoms with Gasteiger partial charge in [0.15, 0.2) is 11.6 Å². The van der Waals surface area contributed by atoms with E-state index in [9.17, 15) is 9.59 Å². The van der Waals surface area contributed by atoms with Crippen molar-refractivity contribution >= 4 is 46.1 Å². The summed E-state index contributed by atoms with van der Waals surface area (Å²) in [6, 6.07) is 15.6. The normalized spacial score (nSPS) is 31.6. The molecule has 1 saturated carbocycles. The first-order valence-corrected chi connectivity index (χ1v) is 13.4. The highest BCUT2D eigenvalue weighted by Crippen LogP contribution is 2.44. The third kappa shape index (κ3) is 4.12. The lowest BCUT2D eigenvalue weighted by molar-refractivity contribution is -0.126. The summed E-state index contributed by atoms with van der Waals surface area (Å²) in [6.07, 6.45) is 3.33. The van der Waals surface area contributed by atoms with Gasteiger partial charge in [0.2, 0.25) is 0 Å². The average molecular weight is 523 g/mol. The number of carbonyl (C=O) groups is 2. The fraction of sp³-hybridized carbons (Fsp3) is 0.379. The van der Waals surface area contributed by atoms with Gasteiger partial charge in [-0.3, -0.25) is 9.59 Å². The number of allylic oxidation sites excluding steroid dienone is 1. The largest absolute Gasteiger partial charge is 0.495 e. The molecule has 0 aromatic heterocycles. The first kappa shape index (κ1) is 23.6. The van der Waals surface area contributed by atoms with Gasteiger partial charge in [0.1, 0.15) is 6.10 Å². The van der Waals surface area contributed by atoms with Crippen molar-refractivity contribution in [1.82, 2.24) is 0 Å². The molecule has 0 spiro atoms. The average Bonchev–Trinajstić information content (AvgIpc) is 3.02. The molecular weight excluding hydrogens is 495 g/mol. The Balaban J connectivity index is 1.41. The van der Waals surface area contributed by atoms with Gasteiger partial charge in [0, 0.05) is 23.1 Å². The molecule has 2 aliphatic carbocycles. The Morgan fingerprint density at radius 3 is 2.47 bits per heavy atom. The minimum atomic E-state index is -0.611. The number of carbonyl (C=O) groups excluding carboxylic acids is 2. The van der Waals surface area contributed by atoms with Crippen LogP contribution in [0.25, 0.3) is 0 Å². The van der Waals surface area contributed by atoms with Crippen LogP contribution in [0.15, 0.2) is 71.6 Å². The van der Waals surface area contributed by atoms with E-state index < -0.39 is 18.1 Å². The lowest BCUT2D eigenvalue weighted by atomic mass is 9.74. The Hall–Kier alpha value is -2.76. The molecule has 7 heteroatoms. The predicted molar refractivity (Wildman–Crippen MR) is 143 cm³/mol. The topological polar surface area (TPSA) is 67.4 Å². The summed E-state index contributed by atoms with van der Waals surface area (Å²) in [4.78, 5) is 27.6. The molecule has 0 bridgehead atoms. The van der Waals surface area contributed by atoms with Crippen molar-refractivity contribution in [1.29, 1.82) is 0 Å². The number of para-hydroxylation sites is 2. The second-order valence-electron chi connectivity index (χ2n) is 10.3. The van der Waals surface area contributed by atoms with E-state index in [-0.39, 0.29) is 28.2 Å². The molecule has 0 amide bonds. The number of alkyl halides is 2. The van der Waals surface area contributed by atoms with Crippen molar-refractivity contribution in [2.75, 3.05) is 10.6 Å². The monoisotopic (exact) mass is 522 g/mol. The summed E-state index contributed by atoms with van der Waals surface area (Å²) >= 11 is 13.0. The van der Waals surface area contributed by atoms with Crippen LogP contribution in [0, 0.1) is 12.8 Å². The molecule has 2 N–H and O–H groups in total. The summed E-state index contributed by atoms with van der Waals surface area (Å²) in [5.41, 5.74) is 5.97. The molecule has 6 atom stereocenters. The minimum Gasteiger partial charge on any atom is -0.495 e. The van der Waals surface area contributed by atoms with Gasteiger partial charge < -0.3 is 15.4 Å². The third-order valence-corrected chi connectivity index (χ3v) is 8.67. The molecule has 6 rings (SSSR count). The van der Waals surface area contributed by atoms with Gasteiger partial charge in [-0.15, -0.1) is 23.2 Å². The van der Waals surface area contributed by atoms with Crippen molar-refractivity contribution in [2.24, 2.45) is 5.92 Å². The number of aryl methyl sites for hydroxylation is 1. The fourth-order valence-corrected chi connectivity index (χ4v) is 6.93. The zero-order valence-electron chi connectivity index (χ0n) is 20.0.